The molecule has 24 heavy (non-hydrogen) atoms. The van der Waals surface area contributed by atoms with Gasteiger partial charge in [-0.25, -0.2) is 0 Å². The average Bonchev–Trinajstić information content (AvgIpc) is 3.07. The van der Waals surface area contributed by atoms with Gasteiger partial charge in [0, 0.05) is 13.2 Å². The van der Waals surface area contributed by atoms with Crippen molar-refractivity contribution in [2.75, 3.05) is 13.2 Å². The molecule has 1 amide bonds. The molecular weight excluding hydrogens is 324 g/mol. The van der Waals surface area contributed by atoms with Crippen LogP contribution < -0.4 is 4.80 Å². The number of aryl methyl sites for hydroxylation is 2. The largest absolute Gasteiger partial charge is 0.466 e. The fraction of sp³-hybridized carbons (Fsp3) is 0.333. The second-order valence-corrected chi connectivity index (χ2v) is 6.45. The van der Waals surface area contributed by atoms with Crippen molar-refractivity contribution in [1.82, 2.24) is 4.57 Å². The molecule has 3 aromatic rings. The number of amides is 1. The molecule has 0 aliphatic heterocycles. The summed E-state index contributed by atoms with van der Waals surface area (Å²) in [6.45, 7) is 7.49. The van der Waals surface area contributed by atoms with Crippen molar-refractivity contribution in [1.29, 1.82) is 0 Å². The van der Waals surface area contributed by atoms with Gasteiger partial charge in [0.1, 0.15) is 11.5 Å². The Labute approximate surface area is 144 Å². The number of para-hydroxylation sites is 1. The third kappa shape index (κ3) is 3.34. The highest BCUT2D eigenvalue weighted by Gasteiger charge is 2.14. The Balaban J connectivity index is 2.05. The Morgan fingerprint density at radius 2 is 2.12 bits per heavy atom. The van der Waals surface area contributed by atoms with E-state index in [1.54, 1.807) is 13.0 Å². The Morgan fingerprint density at radius 1 is 1.33 bits per heavy atom. The SMILES string of the molecule is CCOCCn1c(=NC(=O)c2cc(C)oc2C)sc2ccccc21. The molecule has 0 radical (unpaired) electrons. The van der Waals surface area contributed by atoms with Crippen molar-refractivity contribution in [3.63, 3.8) is 0 Å². The van der Waals surface area contributed by atoms with Crippen molar-refractivity contribution in [2.45, 2.75) is 27.3 Å². The molecule has 0 saturated carbocycles. The van der Waals surface area contributed by atoms with Gasteiger partial charge >= 0.3 is 0 Å². The summed E-state index contributed by atoms with van der Waals surface area (Å²) in [5.74, 6) is 1.04. The van der Waals surface area contributed by atoms with E-state index in [1.807, 2.05) is 42.7 Å². The molecule has 0 aliphatic rings. The zero-order valence-corrected chi connectivity index (χ0v) is 14.9. The van der Waals surface area contributed by atoms with E-state index in [4.69, 9.17) is 9.15 Å². The maximum Gasteiger partial charge on any atom is 0.283 e. The summed E-state index contributed by atoms with van der Waals surface area (Å²) >= 11 is 1.51. The van der Waals surface area contributed by atoms with Crippen molar-refractivity contribution >= 4 is 27.5 Å². The van der Waals surface area contributed by atoms with Crippen molar-refractivity contribution in [2.24, 2.45) is 4.99 Å². The maximum absolute atomic E-state index is 12.5. The third-order valence-electron chi connectivity index (χ3n) is 3.72. The van der Waals surface area contributed by atoms with Crippen LogP contribution in [0, 0.1) is 13.8 Å². The Morgan fingerprint density at radius 3 is 2.83 bits per heavy atom. The smallest absolute Gasteiger partial charge is 0.283 e. The van der Waals surface area contributed by atoms with Gasteiger partial charge in [-0.15, -0.1) is 0 Å². The summed E-state index contributed by atoms with van der Waals surface area (Å²) in [7, 11) is 0. The number of hydrogen-bond donors (Lipinski definition) is 0. The first-order chi connectivity index (χ1) is 11.6. The Hall–Kier alpha value is -2.18. The van der Waals surface area contributed by atoms with Crippen LogP contribution in [-0.2, 0) is 11.3 Å². The predicted molar refractivity (Wildman–Crippen MR) is 94.4 cm³/mol. The summed E-state index contributed by atoms with van der Waals surface area (Å²) in [5, 5.41) is 0. The molecule has 3 rings (SSSR count). The van der Waals surface area contributed by atoms with E-state index >= 15 is 0 Å². The number of fused-ring (bicyclic) bond motifs is 1. The number of hydrogen-bond acceptors (Lipinski definition) is 4. The number of thiazole rings is 1. The molecule has 0 spiro atoms. The van der Waals surface area contributed by atoms with Gasteiger partial charge in [0.25, 0.3) is 5.91 Å². The van der Waals surface area contributed by atoms with Crippen LogP contribution in [0.2, 0.25) is 0 Å². The second kappa shape index (κ2) is 7.15. The van der Waals surface area contributed by atoms with Gasteiger partial charge < -0.3 is 13.7 Å². The zero-order chi connectivity index (χ0) is 17.1. The van der Waals surface area contributed by atoms with Crippen LogP contribution in [0.4, 0.5) is 0 Å². The molecule has 0 saturated heterocycles. The summed E-state index contributed by atoms with van der Waals surface area (Å²) in [6.07, 6.45) is 0. The molecule has 5 nitrogen and oxygen atoms in total. The molecule has 6 heteroatoms. The van der Waals surface area contributed by atoms with E-state index in [0.717, 1.165) is 10.2 Å². The first-order valence-corrected chi connectivity index (χ1v) is 8.74. The number of nitrogens with zero attached hydrogens (tertiary/aromatic N) is 2. The van der Waals surface area contributed by atoms with Gasteiger partial charge in [-0.1, -0.05) is 23.5 Å². The van der Waals surface area contributed by atoms with Crippen molar-refractivity contribution < 1.29 is 13.9 Å². The minimum absolute atomic E-state index is 0.277. The van der Waals surface area contributed by atoms with Crippen molar-refractivity contribution in [3.05, 3.63) is 52.2 Å². The van der Waals surface area contributed by atoms with E-state index in [0.29, 0.717) is 41.6 Å². The van der Waals surface area contributed by atoms with Crippen LogP contribution in [0.15, 0.2) is 39.7 Å². The topological polar surface area (TPSA) is 56.7 Å². The highest BCUT2D eigenvalue weighted by Crippen LogP contribution is 2.18. The minimum atomic E-state index is -0.277. The summed E-state index contributed by atoms with van der Waals surface area (Å²) in [5.41, 5.74) is 1.58. The maximum atomic E-state index is 12.5. The van der Waals surface area contributed by atoms with E-state index in [2.05, 4.69) is 4.99 Å². The average molecular weight is 344 g/mol. The van der Waals surface area contributed by atoms with Crippen LogP contribution in [-0.4, -0.2) is 23.7 Å². The van der Waals surface area contributed by atoms with Gasteiger partial charge in [0.05, 0.1) is 22.4 Å². The summed E-state index contributed by atoms with van der Waals surface area (Å²) in [6, 6.07) is 9.78. The minimum Gasteiger partial charge on any atom is -0.466 e. The van der Waals surface area contributed by atoms with Gasteiger partial charge in [0.2, 0.25) is 0 Å². The number of carbonyl (C=O) groups is 1. The number of furan rings is 1. The molecule has 0 N–H and O–H groups in total. The molecule has 0 bridgehead atoms. The first-order valence-electron chi connectivity index (χ1n) is 7.92. The van der Waals surface area contributed by atoms with Gasteiger partial charge in [0.15, 0.2) is 4.80 Å². The normalized spacial score (nSPS) is 12.2. The van der Waals surface area contributed by atoms with E-state index in [9.17, 15) is 4.79 Å². The molecule has 2 aromatic heterocycles. The number of carbonyl (C=O) groups excluding carboxylic acids is 1. The lowest BCUT2D eigenvalue weighted by Gasteiger charge is -2.05. The molecule has 1 aromatic carbocycles. The highest BCUT2D eigenvalue weighted by atomic mass is 32.1. The van der Waals surface area contributed by atoms with Gasteiger partial charge in [-0.05, 0) is 39.0 Å². The number of rotatable bonds is 5. The van der Waals surface area contributed by atoms with Crippen LogP contribution in [0.5, 0.6) is 0 Å². The van der Waals surface area contributed by atoms with Crippen LogP contribution in [0.1, 0.15) is 28.8 Å². The lowest BCUT2D eigenvalue weighted by Crippen LogP contribution is -2.19. The third-order valence-corrected chi connectivity index (χ3v) is 4.78. The lowest BCUT2D eigenvalue weighted by molar-refractivity contribution is 0.0995. The Kier molecular flexibility index (Phi) is 4.97. The fourth-order valence-electron chi connectivity index (χ4n) is 2.61. The lowest BCUT2D eigenvalue weighted by atomic mass is 10.2. The van der Waals surface area contributed by atoms with Crippen LogP contribution in [0.3, 0.4) is 0 Å². The molecular formula is C18H20N2O3S. The van der Waals surface area contributed by atoms with Crippen LogP contribution >= 0.6 is 11.3 Å². The summed E-state index contributed by atoms with van der Waals surface area (Å²) < 4.78 is 14.0. The molecule has 126 valence electrons. The highest BCUT2D eigenvalue weighted by molar-refractivity contribution is 7.16. The summed E-state index contributed by atoms with van der Waals surface area (Å²) in [4.78, 5) is 17.6. The number of benzene rings is 1. The van der Waals surface area contributed by atoms with Crippen molar-refractivity contribution in [3.8, 4) is 0 Å². The molecule has 0 unspecified atom stereocenters. The molecule has 2 heterocycles. The second-order valence-electron chi connectivity index (χ2n) is 5.44. The standard InChI is InChI=1S/C18H20N2O3S/c1-4-22-10-9-20-15-7-5-6-8-16(15)24-18(20)19-17(21)14-11-12(2)23-13(14)3/h5-8,11H,4,9-10H2,1-3H3. The number of aromatic nitrogens is 1. The fourth-order valence-corrected chi connectivity index (χ4v) is 3.67. The predicted octanol–water partition coefficient (Wildman–Crippen LogP) is 3.69. The van der Waals surface area contributed by atoms with E-state index in [1.165, 1.54) is 11.3 Å². The monoisotopic (exact) mass is 344 g/mol. The molecule has 0 atom stereocenters. The van der Waals surface area contributed by atoms with E-state index in [-0.39, 0.29) is 5.91 Å². The van der Waals surface area contributed by atoms with Gasteiger partial charge in [-0.3, -0.25) is 4.79 Å². The van der Waals surface area contributed by atoms with Gasteiger partial charge in [-0.2, -0.15) is 4.99 Å². The molecule has 0 aliphatic carbocycles. The zero-order valence-electron chi connectivity index (χ0n) is 14.0. The number of ether oxygens (including phenoxy) is 1. The van der Waals surface area contributed by atoms with E-state index < -0.39 is 0 Å². The quantitative estimate of drug-likeness (QED) is 0.663. The Bertz CT molecular complexity index is 933. The first kappa shape index (κ1) is 16.7. The molecule has 0 fully saturated rings. The van der Waals surface area contributed by atoms with Crippen LogP contribution in [0.25, 0.3) is 10.2 Å².